The van der Waals surface area contributed by atoms with Crippen LogP contribution in [0.15, 0.2) is 29.4 Å². The molecule has 1 atom stereocenters. The Morgan fingerprint density at radius 1 is 1.26 bits per heavy atom. The van der Waals surface area contributed by atoms with E-state index in [1.807, 2.05) is 0 Å². The maximum absolute atomic E-state index is 12.1. The van der Waals surface area contributed by atoms with Gasteiger partial charge in [0, 0.05) is 13.3 Å². The second-order valence-corrected chi connectivity index (χ2v) is 6.78. The molecule has 9 heteroatoms. The molecule has 148 valence electrons. The summed E-state index contributed by atoms with van der Waals surface area (Å²) in [6.45, 7) is 7.86. The minimum atomic E-state index is -0.904. The van der Waals surface area contributed by atoms with Crippen LogP contribution in [0.1, 0.15) is 40.2 Å². The van der Waals surface area contributed by atoms with Gasteiger partial charge in [-0.25, -0.2) is 14.4 Å². The summed E-state index contributed by atoms with van der Waals surface area (Å²) in [5, 5.41) is 5.88. The standard InChI is InChI=1S/C18H25N3O6/c1-11(20-17(24)26-18(3,4)5)16(23)25-14-8-6-7-13(9-14)10-15(19)21-27-12(2)22/h6-9,11H,10H2,1-5H3,(H2,19,21)(H,20,24)/t11-/m1/s1. The van der Waals surface area contributed by atoms with Crippen LogP contribution in [0.3, 0.4) is 0 Å². The van der Waals surface area contributed by atoms with Gasteiger partial charge in [-0.05, 0) is 45.4 Å². The molecule has 0 unspecified atom stereocenters. The number of carbonyl (C=O) groups is 3. The molecule has 0 aliphatic rings. The summed E-state index contributed by atoms with van der Waals surface area (Å²) in [5.41, 5.74) is 5.69. The molecule has 3 N–H and O–H groups in total. The van der Waals surface area contributed by atoms with Crippen molar-refractivity contribution in [1.82, 2.24) is 5.32 Å². The maximum Gasteiger partial charge on any atom is 0.408 e. The molecule has 1 amide bonds. The van der Waals surface area contributed by atoms with Gasteiger partial charge in [-0.3, -0.25) is 0 Å². The summed E-state index contributed by atoms with van der Waals surface area (Å²) in [6.07, 6.45) is -0.514. The zero-order chi connectivity index (χ0) is 20.6. The molecule has 0 bridgehead atoms. The monoisotopic (exact) mass is 379 g/mol. The SMILES string of the molecule is CC(=O)O/N=C(\N)Cc1cccc(OC(=O)[C@@H](C)NC(=O)OC(C)(C)C)c1. The van der Waals surface area contributed by atoms with Gasteiger partial charge < -0.3 is 25.4 Å². The van der Waals surface area contributed by atoms with Gasteiger partial charge in [0.15, 0.2) is 0 Å². The lowest BCUT2D eigenvalue weighted by Gasteiger charge is -2.21. The number of amidine groups is 1. The first kappa shape index (κ1) is 21.9. The first-order valence-corrected chi connectivity index (χ1v) is 8.26. The number of alkyl carbamates (subject to hydrolysis) is 1. The lowest BCUT2D eigenvalue weighted by atomic mass is 10.1. The van der Waals surface area contributed by atoms with Crippen molar-refractivity contribution in [3.63, 3.8) is 0 Å². The van der Waals surface area contributed by atoms with Crippen molar-refractivity contribution in [2.45, 2.75) is 52.7 Å². The summed E-state index contributed by atoms with van der Waals surface area (Å²) in [6, 6.07) is 5.69. The van der Waals surface area contributed by atoms with Gasteiger partial charge >= 0.3 is 18.0 Å². The predicted molar refractivity (Wildman–Crippen MR) is 98.0 cm³/mol. The number of esters is 1. The number of oxime groups is 1. The topological polar surface area (TPSA) is 129 Å². The van der Waals surface area contributed by atoms with Crippen LogP contribution in [0.4, 0.5) is 4.79 Å². The molecule has 0 heterocycles. The number of hydrogen-bond acceptors (Lipinski definition) is 7. The van der Waals surface area contributed by atoms with Gasteiger partial charge in [0.05, 0.1) is 0 Å². The second-order valence-electron chi connectivity index (χ2n) is 6.78. The highest BCUT2D eigenvalue weighted by atomic mass is 16.7. The van der Waals surface area contributed by atoms with Crippen molar-refractivity contribution in [1.29, 1.82) is 0 Å². The van der Waals surface area contributed by atoms with Crippen molar-refractivity contribution in [3.05, 3.63) is 29.8 Å². The van der Waals surface area contributed by atoms with Crippen molar-refractivity contribution >= 4 is 23.9 Å². The van der Waals surface area contributed by atoms with Gasteiger partial charge in [0.25, 0.3) is 0 Å². The molecule has 0 saturated heterocycles. The molecule has 9 nitrogen and oxygen atoms in total. The minimum Gasteiger partial charge on any atom is -0.444 e. The zero-order valence-electron chi connectivity index (χ0n) is 16.1. The summed E-state index contributed by atoms with van der Waals surface area (Å²) >= 11 is 0. The molecule has 0 spiro atoms. The molecule has 27 heavy (non-hydrogen) atoms. The van der Waals surface area contributed by atoms with Gasteiger partial charge in [-0.15, -0.1) is 0 Å². The first-order chi connectivity index (χ1) is 12.5. The third-order valence-electron chi connectivity index (χ3n) is 2.88. The largest absolute Gasteiger partial charge is 0.444 e. The van der Waals surface area contributed by atoms with Gasteiger partial charge in [-0.2, -0.15) is 0 Å². The number of carbonyl (C=O) groups excluding carboxylic acids is 3. The lowest BCUT2D eigenvalue weighted by molar-refractivity contribution is -0.141. The van der Waals surface area contributed by atoms with E-state index >= 15 is 0 Å². The number of nitrogens with one attached hydrogen (secondary N) is 1. The predicted octanol–water partition coefficient (Wildman–Crippen LogP) is 1.88. The molecular weight excluding hydrogens is 354 g/mol. The Morgan fingerprint density at radius 2 is 1.93 bits per heavy atom. The fourth-order valence-corrected chi connectivity index (χ4v) is 1.83. The molecule has 0 saturated carbocycles. The number of rotatable bonds is 6. The van der Waals surface area contributed by atoms with E-state index in [4.69, 9.17) is 15.2 Å². The van der Waals surface area contributed by atoms with E-state index in [-0.39, 0.29) is 18.0 Å². The Bertz CT molecular complexity index is 724. The zero-order valence-corrected chi connectivity index (χ0v) is 16.1. The average Bonchev–Trinajstić information content (AvgIpc) is 2.51. The van der Waals surface area contributed by atoms with Crippen molar-refractivity contribution in [3.8, 4) is 5.75 Å². The van der Waals surface area contributed by atoms with Crippen LogP contribution < -0.4 is 15.8 Å². The molecular formula is C18H25N3O6. The molecule has 1 aromatic carbocycles. The molecule has 0 aliphatic heterocycles. The van der Waals surface area contributed by atoms with Crippen LogP contribution in [0.2, 0.25) is 0 Å². The number of nitrogens with zero attached hydrogens (tertiary/aromatic N) is 1. The smallest absolute Gasteiger partial charge is 0.408 e. The van der Waals surface area contributed by atoms with E-state index < -0.39 is 29.7 Å². The van der Waals surface area contributed by atoms with Gasteiger partial charge in [-0.1, -0.05) is 17.3 Å². The summed E-state index contributed by atoms with van der Waals surface area (Å²) in [5.74, 6) is -0.865. The second kappa shape index (κ2) is 9.56. The van der Waals surface area contributed by atoms with Crippen molar-refractivity contribution in [2.75, 3.05) is 0 Å². The van der Waals surface area contributed by atoms with Gasteiger partial charge in [0.2, 0.25) is 0 Å². The van der Waals surface area contributed by atoms with Crippen LogP contribution in [0.5, 0.6) is 5.75 Å². The van der Waals surface area contributed by atoms with E-state index in [1.165, 1.54) is 13.8 Å². The van der Waals surface area contributed by atoms with Gasteiger partial charge in [0.1, 0.15) is 23.2 Å². The Morgan fingerprint density at radius 3 is 2.52 bits per heavy atom. The number of ether oxygens (including phenoxy) is 2. The Kier molecular flexibility index (Phi) is 7.77. The van der Waals surface area contributed by atoms with E-state index in [0.717, 1.165) is 0 Å². The Balaban J connectivity index is 2.65. The number of nitrogens with two attached hydrogens (primary N) is 1. The normalized spacial score (nSPS) is 12.7. The molecule has 0 radical (unpaired) electrons. The highest BCUT2D eigenvalue weighted by Crippen LogP contribution is 2.15. The molecule has 1 rings (SSSR count). The van der Waals surface area contributed by atoms with E-state index in [9.17, 15) is 14.4 Å². The molecule has 0 aliphatic carbocycles. The van der Waals surface area contributed by atoms with E-state index in [1.54, 1.807) is 45.0 Å². The van der Waals surface area contributed by atoms with Crippen LogP contribution in [-0.2, 0) is 25.6 Å². The number of hydrogen-bond donors (Lipinski definition) is 2. The highest BCUT2D eigenvalue weighted by molar-refractivity contribution is 5.84. The highest BCUT2D eigenvalue weighted by Gasteiger charge is 2.22. The summed E-state index contributed by atoms with van der Waals surface area (Å²) in [4.78, 5) is 39.0. The Labute approximate surface area is 157 Å². The molecule has 1 aromatic rings. The summed E-state index contributed by atoms with van der Waals surface area (Å²) < 4.78 is 10.3. The van der Waals surface area contributed by atoms with E-state index in [2.05, 4.69) is 15.3 Å². The third kappa shape index (κ3) is 9.24. The minimum absolute atomic E-state index is 0.0913. The molecule has 0 aromatic heterocycles. The van der Waals surface area contributed by atoms with Crippen molar-refractivity contribution < 1.29 is 28.7 Å². The van der Waals surface area contributed by atoms with E-state index in [0.29, 0.717) is 5.56 Å². The van der Waals surface area contributed by atoms with Crippen molar-refractivity contribution in [2.24, 2.45) is 10.9 Å². The fraction of sp³-hybridized carbons (Fsp3) is 0.444. The lowest BCUT2D eigenvalue weighted by Crippen LogP contribution is -2.43. The number of amides is 1. The average molecular weight is 379 g/mol. The van der Waals surface area contributed by atoms with Crippen LogP contribution in [-0.4, -0.2) is 35.5 Å². The molecule has 0 fully saturated rings. The fourth-order valence-electron chi connectivity index (χ4n) is 1.83. The quantitative estimate of drug-likeness (QED) is 0.193. The van der Waals surface area contributed by atoms with Crippen LogP contribution >= 0.6 is 0 Å². The first-order valence-electron chi connectivity index (χ1n) is 8.26. The van der Waals surface area contributed by atoms with Crippen LogP contribution in [0.25, 0.3) is 0 Å². The number of benzene rings is 1. The maximum atomic E-state index is 12.1. The Hall–Kier alpha value is -3.10. The summed E-state index contributed by atoms with van der Waals surface area (Å²) in [7, 11) is 0. The third-order valence-corrected chi connectivity index (χ3v) is 2.88. The van der Waals surface area contributed by atoms with Crippen LogP contribution in [0, 0.1) is 0 Å².